The highest BCUT2D eigenvalue weighted by Gasteiger charge is 2.34. The minimum Gasteiger partial charge on any atom is -0.342 e. The van der Waals surface area contributed by atoms with Crippen molar-refractivity contribution in [1.29, 1.82) is 0 Å². The highest BCUT2D eigenvalue weighted by atomic mass is 19.4. The molecular formula is C14H16F3N5O. The first-order valence-electron chi connectivity index (χ1n) is 7.31. The SMILES string of the molecule is O=C(Cc1ccn[nH]1)N1CCC[C@H](c2ncc(C(F)(F)F)[nH]2)C1. The number of halogens is 3. The van der Waals surface area contributed by atoms with Crippen LogP contribution in [-0.4, -0.2) is 44.1 Å². The molecule has 0 spiro atoms. The molecule has 2 aromatic rings. The predicted molar refractivity (Wildman–Crippen MR) is 74.4 cm³/mol. The maximum absolute atomic E-state index is 12.6. The van der Waals surface area contributed by atoms with E-state index < -0.39 is 11.9 Å². The number of imidazole rings is 1. The number of carbonyl (C=O) groups is 1. The van der Waals surface area contributed by atoms with Gasteiger partial charge in [-0.05, 0) is 18.9 Å². The van der Waals surface area contributed by atoms with E-state index in [9.17, 15) is 18.0 Å². The van der Waals surface area contributed by atoms with Gasteiger partial charge < -0.3 is 9.88 Å². The Morgan fingerprint density at radius 2 is 2.26 bits per heavy atom. The van der Waals surface area contributed by atoms with Gasteiger partial charge >= 0.3 is 6.18 Å². The van der Waals surface area contributed by atoms with Crippen molar-refractivity contribution in [3.63, 3.8) is 0 Å². The Labute approximate surface area is 130 Å². The minimum atomic E-state index is -4.43. The van der Waals surface area contributed by atoms with Crippen LogP contribution in [0, 0.1) is 0 Å². The van der Waals surface area contributed by atoms with Gasteiger partial charge in [-0.1, -0.05) is 0 Å². The van der Waals surface area contributed by atoms with Crippen LogP contribution in [0.5, 0.6) is 0 Å². The molecular weight excluding hydrogens is 311 g/mol. The summed E-state index contributed by atoms with van der Waals surface area (Å²) in [7, 11) is 0. The second-order valence-corrected chi connectivity index (χ2v) is 5.62. The van der Waals surface area contributed by atoms with Gasteiger partial charge in [0.2, 0.25) is 5.91 Å². The fourth-order valence-corrected chi connectivity index (χ4v) is 2.77. The van der Waals surface area contributed by atoms with Crippen molar-refractivity contribution in [3.8, 4) is 0 Å². The van der Waals surface area contributed by atoms with Crippen LogP contribution in [0.4, 0.5) is 13.2 Å². The number of aromatic nitrogens is 4. The molecule has 2 aromatic heterocycles. The molecule has 9 heteroatoms. The van der Waals surface area contributed by atoms with Crippen LogP contribution < -0.4 is 0 Å². The molecule has 1 aliphatic rings. The number of nitrogens with zero attached hydrogens (tertiary/aromatic N) is 3. The Morgan fingerprint density at radius 1 is 1.43 bits per heavy atom. The first-order chi connectivity index (χ1) is 10.9. The van der Waals surface area contributed by atoms with Gasteiger partial charge in [0.15, 0.2) is 0 Å². The Balaban J connectivity index is 1.66. The molecule has 0 bridgehead atoms. The van der Waals surface area contributed by atoms with E-state index in [4.69, 9.17) is 0 Å². The number of piperidine rings is 1. The Bertz CT molecular complexity index is 664. The van der Waals surface area contributed by atoms with Gasteiger partial charge in [-0.15, -0.1) is 0 Å². The number of hydrogen-bond acceptors (Lipinski definition) is 3. The van der Waals surface area contributed by atoms with Crippen molar-refractivity contribution in [3.05, 3.63) is 35.7 Å². The molecule has 0 radical (unpaired) electrons. The summed E-state index contributed by atoms with van der Waals surface area (Å²) in [5, 5.41) is 6.52. The number of likely N-dealkylation sites (tertiary alicyclic amines) is 1. The van der Waals surface area contributed by atoms with Crippen LogP contribution >= 0.6 is 0 Å². The lowest BCUT2D eigenvalue weighted by molar-refractivity contribution is -0.141. The van der Waals surface area contributed by atoms with E-state index in [1.54, 1.807) is 17.2 Å². The second-order valence-electron chi connectivity index (χ2n) is 5.62. The van der Waals surface area contributed by atoms with Crippen molar-refractivity contribution < 1.29 is 18.0 Å². The van der Waals surface area contributed by atoms with Gasteiger partial charge in [0.1, 0.15) is 11.5 Å². The highest BCUT2D eigenvalue weighted by molar-refractivity contribution is 5.78. The summed E-state index contributed by atoms with van der Waals surface area (Å²) in [4.78, 5) is 20.1. The number of carbonyl (C=O) groups excluding carboxylic acids is 1. The van der Waals surface area contributed by atoms with E-state index in [2.05, 4.69) is 20.2 Å². The fraction of sp³-hybridized carbons (Fsp3) is 0.500. The molecule has 23 heavy (non-hydrogen) atoms. The van der Waals surface area contributed by atoms with Crippen LogP contribution in [0.3, 0.4) is 0 Å². The third-order valence-electron chi connectivity index (χ3n) is 3.96. The van der Waals surface area contributed by atoms with Crippen LogP contribution in [0.25, 0.3) is 0 Å². The van der Waals surface area contributed by atoms with Crippen molar-refractivity contribution >= 4 is 5.91 Å². The summed E-state index contributed by atoms with van der Waals surface area (Å²) in [6.07, 6.45) is -0.404. The molecule has 1 saturated heterocycles. The molecule has 0 aliphatic carbocycles. The zero-order valence-electron chi connectivity index (χ0n) is 12.2. The van der Waals surface area contributed by atoms with Crippen LogP contribution in [-0.2, 0) is 17.4 Å². The molecule has 6 nitrogen and oxygen atoms in total. The number of amides is 1. The summed E-state index contributed by atoms with van der Waals surface area (Å²) in [5.41, 5.74) is -0.136. The maximum Gasteiger partial charge on any atom is 0.432 e. The molecule has 0 saturated carbocycles. The summed E-state index contributed by atoms with van der Waals surface area (Å²) in [6, 6.07) is 1.72. The molecule has 124 valence electrons. The monoisotopic (exact) mass is 327 g/mol. The lowest BCUT2D eigenvalue weighted by Gasteiger charge is -2.31. The number of alkyl halides is 3. The van der Waals surface area contributed by atoms with Crippen molar-refractivity contribution in [1.82, 2.24) is 25.1 Å². The van der Waals surface area contributed by atoms with E-state index in [0.29, 0.717) is 19.5 Å². The zero-order chi connectivity index (χ0) is 16.4. The van der Waals surface area contributed by atoms with Gasteiger partial charge in [-0.3, -0.25) is 9.89 Å². The van der Waals surface area contributed by atoms with Gasteiger partial charge in [0.25, 0.3) is 0 Å². The molecule has 3 heterocycles. The second kappa shape index (κ2) is 6.05. The van der Waals surface area contributed by atoms with Crippen molar-refractivity contribution in [2.24, 2.45) is 0 Å². The van der Waals surface area contributed by atoms with E-state index in [1.807, 2.05) is 0 Å². The molecule has 1 amide bonds. The zero-order valence-corrected chi connectivity index (χ0v) is 12.2. The topological polar surface area (TPSA) is 77.7 Å². The first kappa shape index (κ1) is 15.6. The summed E-state index contributed by atoms with van der Waals surface area (Å²) in [6.45, 7) is 0.980. The first-order valence-corrected chi connectivity index (χ1v) is 7.31. The summed E-state index contributed by atoms with van der Waals surface area (Å²) in [5.74, 6) is 0.0171. The summed E-state index contributed by atoms with van der Waals surface area (Å²) < 4.78 is 37.9. The normalized spacial score (nSPS) is 19.1. The van der Waals surface area contributed by atoms with Gasteiger partial charge in [-0.25, -0.2) is 4.98 Å². The lowest BCUT2D eigenvalue weighted by Crippen LogP contribution is -2.40. The largest absolute Gasteiger partial charge is 0.432 e. The van der Waals surface area contributed by atoms with Crippen LogP contribution in [0.2, 0.25) is 0 Å². The quantitative estimate of drug-likeness (QED) is 0.906. The smallest absolute Gasteiger partial charge is 0.342 e. The number of hydrogen-bond donors (Lipinski definition) is 2. The van der Waals surface area contributed by atoms with Crippen molar-refractivity contribution in [2.45, 2.75) is 31.4 Å². The van der Waals surface area contributed by atoms with Crippen LogP contribution in [0.15, 0.2) is 18.5 Å². The summed E-state index contributed by atoms with van der Waals surface area (Å²) >= 11 is 0. The standard InChI is InChI=1S/C14H16F3N5O/c15-14(16,17)11-7-18-13(20-11)9-2-1-5-22(8-9)12(23)6-10-3-4-19-21-10/h3-4,7,9H,1-2,5-6,8H2,(H,18,20)(H,19,21)/t9-/m0/s1. The van der Waals surface area contributed by atoms with E-state index >= 15 is 0 Å². The number of rotatable bonds is 3. The maximum atomic E-state index is 12.6. The molecule has 2 N–H and O–H groups in total. The van der Waals surface area contributed by atoms with E-state index in [-0.39, 0.29) is 24.1 Å². The molecule has 1 aliphatic heterocycles. The minimum absolute atomic E-state index is 0.0680. The lowest BCUT2D eigenvalue weighted by atomic mass is 9.97. The average molecular weight is 327 g/mol. The highest BCUT2D eigenvalue weighted by Crippen LogP contribution is 2.31. The third kappa shape index (κ3) is 3.54. The molecule has 0 aromatic carbocycles. The molecule has 3 rings (SSSR count). The average Bonchev–Trinajstić information content (AvgIpc) is 3.18. The Kier molecular flexibility index (Phi) is 4.10. The fourth-order valence-electron chi connectivity index (χ4n) is 2.77. The van der Waals surface area contributed by atoms with E-state index in [1.165, 1.54) is 0 Å². The molecule has 1 fully saturated rings. The molecule has 0 unspecified atom stereocenters. The van der Waals surface area contributed by atoms with Gasteiger partial charge in [0, 0.05) is 30.9 Å². The number of H-pyrrole nitrogens is 2. The van der Waals surface area contributed by atoms with Crippen LogP contribution in [0.1, 0.15) is 36.0 Å². The number of nitrogens with one attached hydrogen (secondary N) is 2. The third-order valence-corrected chi connectivity index (χ3v) is 3.96. The Morgan fingerprint density at radius 3 is 2.91 bits per heavy atom. The van der Waals surface area contributed by atoms with Gasteiger partial charge in [-0.2, -0.15) is 18.3 Å². The number of aromatic amines is 2. The van der Waals surface area contributed by atoms with Gasteiger partial charge in [0.05, 0.1) is 12.6 Å². The van der Waals surface area contributed by atoms with Crippen molar-refractivity contribution in [2.75, 3.05) is 13.1 Å². The predicted octanol–water partition coefficient (Wildman–Crippen LogP) is 2.10. The molecule has 1 atom stereocenters. The van der Waals surface area contributed by atoms with E-state index in [0.717, 1.165) is 18.3 Å². The Hall–Kier alpha value is -2.32.